The monoisotopic (exact) mass is 932 g/mol. The number of hydrogen-bond acceptors (Lipinski definition) is 3. The largest absolute Gasteiger partial charge is 0.394 e. The lowest BCUT2D eigenvalue weighted by atomic mass is 10.0. The van der Waals surface area contributed by atoms with Crippen LogP contribution < -0.4 is 5.32 Å². The van der Waals surface area contributed by atoms with E-state index in [0.717, 1.165) is 70.6 Å². The highest BCUT2D eigenvalue weighted by molar-refractivity contribution is 5.76. The van der Waals surface area contributed by atoms with E-state index in [1.165, 1.54) is 193 Å². The Balaban J connectivity index is 3.44. The molecular formula is C63H113NO3. The van der Waals surface area contributed by atoms with E-state index in [1.807, 2.05) is 0 Å². The molecule has 67 heavy (non-hydrogen) atoms. The van der Waals surface area contributed by atoms with E-state index in [4.69, 9.17) is 0 Å². The molecule has 0 aliphatic carbocycles. The first-order chi connectivity index (χ1) is 33.2. The van der Waals surface area contributed by atoms with Crippen LogP contribution in [0.1, 0.15) is 290 Å². The SMILES string of the molecule is CC/C=C\C/C=C\C/C=C\C/C=C\C/C=C\C/C=C\C/C=C\CCCCCCCCCCCCCCCCCCCCCC(=O)NC(CO)C(O)CCCCCCCCCCCCCCCC. The minimum atomic E-state index is -0.660. The van der Waals surface area contributed by atoms with E-state index in [0.29, 0.717) is 12.8 Å². The first-order valence-electron chi connectivity index (χ1n) is 29.3. The van der Waals surface area contributed by atoms with Crippen molar-refractivity contribution in [3.63, 3.8) is 0 Å². The third kappa shape index (κ3) is 54.4. The van der Waals surface area contributed by atoms with Gasteiger partial charge in [-0.2, -0.15) is 0 Å². The van der Waals surface area contributed by atoms with Crippen molar-refractivity contribution < 1.29 is 15.0 Å². The molecule has 0 aromatic carbocycles. The number of carbonyl (C=O) groups is 1. The fraction of sp³-hybridized carbons (Fsp3) is 0.762. The second-order valence-electron chi connectivity index (χ2n) is 19.7. The van der Waals surface area contributed by atoms with Crippen LogP contribution in [0.25, 0.3) is 0 Å². The van der Waals surface area contributed by atoms with Crippen LogP contribution in [0.5, 0.6) is 0 Å². The molecule has 4 nitrogen and oxygen atoms in total. The summed E-state index contributed by atoms with van der Waals surface area (Å²) in [6.07, 6.45) is 84.4. The van der Waals surface area contributed by atoms with Gasteiger partial charge in [-0.3, -0.25) is 4.79 Å². The predicted molar refractivity (Wildman–Crippen MR) is 299 cm³/mol. The highest BCUT2D eigenvalue weighted by Gasteiger charge is 2.20. The van der Waals surface area contributed by atoms with E-state index >= 15 is 0 Å². The quantitative estimate of drug-likeness (QED) is 0.0420. The molecule has 0 radical (unpaired) electrons. The molecule has 0 saturated carbocycles. The first kappa shape index (κ1) is 64.6. The zero-order valence-electron chi connectivity index (χ0n) is 44.7. The smallest absolute Gasteiger partial charge is 0.220 e. The first-order valence-corrected chi connectivity index (χ1v) is 29.3. The lowest BCUT2D eigenvalue weighted by molar-refractivity contribution is -0.123. The van der Waals surface area contributed by atoms with Gasteiger partial charge in [-0.05, 0) is 70.6 Å². The van der Waals surface area contributed by atoms with Crippen molar-refractivity contribution in [1.82, 2.24) is 5.32 Å². The highest BCUT2D eigenvalue weighted by Crippen LogP contribution is 2.17. The maximum atomic E-state index is 12.5. The molecule has 0 fully saturated rings. The third-order valence-corrected chi connectivity index (χ3v) is 13.2. The van der Waals surface area contributed by atoms with Crippen LogP contribution in [0.15, 0.2) is 85.1 Å². The van der Waals surface area contributed by atoms with Gasteiger partial charge in [-0.25, -0.2) is 0 Å². The van der Waals surface area contributed by atoms with Crippen molar-refractivity contribution in [2.75, 3.05) is 6.61 Å². The molecule has 0 aromatic heterocycles. The van der Waals surface area contributed by atoms with E-state index in [-0.39, 0.29) is 12.5 Å². The molecule has 2 atom stereocenters. The van der Waals surface area contributed by atoms with Gasteiger partial charge in [0.15, 0.2) is 0 Å². The molecule has 4 heteroatoms. The Morgan fingerprint density at radius 2 is 0.657 bits per heavy atom. The van der Waals surface area contributed by atoms with Crippen LogP contribution in [0.2, 0.25) is 0 Å². The van der Waals surface area contributed by atoms with Gasteiger partial charge in [0.25, 0.3) is 0 Å². The summed E-state index contributed by atoms with van der Waals surface area (Å²) in [5.74, 6) is -0.0298. The molecule has 0 bridgehead atoms. The Labute approximate surface area is 418 Å². The van der Waals surface area contributed by atoms with Crippen LogP contribution in [0.4, 0.5) is 0 Å². The van der Waals surface area contributed by atoms with Crippen molar-refractivity contribution in [2.45, 2.75) is 302 Å². The number of hydrogen-bond donors (Lipinski definition) is 3. The minimum absolute atomic E-state index is 0.0298. The van der Waals surface area contributed by atoms with E-state index in [2.05, 4.69) is 104 Å². The molecule has 388 valence electrons. The highest BCUT2D eigenvalue weighted by atomic mass is 16.3. The average Bonchev–Trinajstić information content (AvgIpc) is 3.33. The Hall–Kier alpha value is -2.43. The summed E-state index contributed by atoms with van der Waals surface area (Å²) >= 11 is 0. The van der Waals surface area contributed by atoms with Gasteiger partial charge in [0.05, 0.1) is 18.8 Å². The van der Waals surface area contributed by atoms with Crippen molar-refractivity contribution in [1.29, 1.82) is 0 Å². The maximum absolute atomic E-state index is 12.5. The summed E-state index contributed by atoms with van der Waals surface area (Å²) in [6.45, 7) is 4.25. The summed E-state index contributed by atoms with van der Waals surface area (Å²) in [5.41, 5.74) is 0. The minimum Gasteiger partial charge on any atom is -0.394 e. The summed E-state index contributed by atoms with van der Waals surface area (Å²) in [4.78, 5) is 12.5. The molecule has 0 saturated heterocycles. The lowest BCUT2D eigenvalue weighted by Crippen LogP contribution is -2.45. The van der Waals surface area contributed by atoms with Crippen LogP contribution in [0, 0.1) is 0 Å². The number of aliphatic hydroxyl groups is 2. The fourth-order valence-corrected chi connectivity index (χ4v) is 8.76. The number of allylic oxidation sites excluding steroid dienone is 14. The predicted octanol–water partition coefficient (Wildman–Crippen LogP) is 19.5. The van der Waals surface area contributed by atoms with Gasteiger partial charge in [-0.15, -0.1) is 0 Å². The number of amides is 1. The van der Waals surface area contributed by atoms with E-state index in [9.17, 15) is 15.0 Å². The number of rotatable bonds is 53. The van der Waals surface area contributed by atoms with Crippen LogP contribution in [-0.4, -0.2) is 34.9 Å². The van der Waals surface area contributed by atoms with Gasteiger partial charge >= 0.3 is 0 Å². The molecule has 1 amide bonds. The van der Waals surface area contributed by atoms with Gasteiger partial charge in [0, 0.05) is 6.42 Å². The van der Waals surface area contributed by atoms with E-state index in [1.54, 1.807) is 0 Å². The van der Waals surface area contributed by atoms with Crippen LogP contribution in [0.3, 0.4) is 0 Å². The normalized spacial score (nSPS) is 13.4. The zero-order chi connectivity index (χ0) is 48.5. The third-order valence-electron chi connectivity index (χ3n) is 13.2. The summed E-state index contributed by atoms with van der Waals surface area (Å²) in [5, 5.41) is 23.3. The number of nitrogens with one attached hydrogen (secondary N) is 1. The molecule has 0 aliphatic rings. The molecule has 0 aromatic rings. The Bertz CT molecular complexity index is 1190. The Kier molecular flexibility index (Phi) is 55.8. The van der Waals surface area contributed by atoms with Gasteiger partial charge < -0.3 is 15.5 Å². The molecule has 0 rings (SSSR count). The summed E-state index contributed by atoms with van der Waals surface area (Å²) in [7, 11) is 0. The summed E-state index contributed by atoms with van der Waals surface area (Å²) in [6, 6.07) is -0.537. The molecule has 0 spiro atoms. The molecular weight excluding hydrogens is 819 g/mol. The number of unbranched alkanes of at least 4 members (excludes halogenated alkanes) is 32. The second-order valence-corrected chi connectivity index (χ2v) is 19.7. The standard InChI is InChI=1S/C63H113NO3/c1-3-5-7-9-11-13-15-17-19-20-21-22-23-24-25-26-27-28-29-30-31-32-33-34-35-36-37-38-39-40-41-42-43-44-45-47-49-51-53-55-57-59-63(67)64-61(60-65)62(66)58-56-54-52-50-48-46-18-16-14-12-10-8-6-4-2/h5,7,11,13,17,19,21-22,24-25,27-28,30-31,61-62,65-66H,3-4,6,8-10,12,14-16,18,20,23,26,29,32-60H2,1-2H3,(H,64,67)/b7-5-,13-11-,19-17-,22-21-,25-24-,28-27-,31-30-. The Morgan fingerprint density at radius 3 is 0.985 bits per heavy atom. The van der Waals surface area contributed by atoms with Gasteiger partial charge in [-0.1, -0.05) is 298 Å². The lowest BCUT2D eigenvalue weighted by Gasteiger charge is -2.22. The average molecular weight is 933 g/mol. The van der Waals surface area contributed by atoms with Gasteiger partial charge in [0.2, 0.25) is 5.91 Å². The number of carbonyl (C=O) groups excluding carboxylic acids is 1. The fourth-order valence-electron chi connectivity index (χ4n) is 8.76. The second kappa shape index (κ2) is 57.9. The molecule has 0 aliphatic heterocycles. The molecule has 3 N–H and O–H groups in total. The summed E-state index contributed by atoms with van der Waals surface area (Å²) < 4.78 is 0. The van der Waals surface area contributed by atoms with E-state index < -0.39 is 12.1 Å². The Morgan fingerprint density at radius 1 is 0.373 bits per heavy atom. The number of aliphatic hydroxyl groups excluding tert-OH is 2. The van der Waals surface area contributed by atoms with Crippen molar-refractivity contribution in [3.05, 3.63) is 85.1 Å². The topological polar surface area (TPSA) is 69.6 Å². The zero-order valence-corrected chi connectivity index (χ0v) is 44.7. The maximum Gasteiger partial charge on any atom is 0.220 e. The van der Waals surface area contributed by atoms with Gasteiger partial charge in [0.1, 0.15) is 0 Å². The van der Waals surface area contributed by atoms with Crippen molar-refractivity contribution in [2.24, 2.45) is 0 Å². The molecule has 0 heterocycles. The van der Waals surface area contributed by atoms with Crippen molar-refractivity contribution >= 4 is 5.91 Å². The van der Waals surface area contributed by atoms with Crippen molar-refractivity contribution in [3.8, 4) is 0 Å². The van der Waals surface area contributed by atoms with Crippen LogP contribution in [-0.2, 0) is 4.79 Å². The van der Waals surface area contributed by atoms with Crippen LogP contribution >= 0.6 is 0 Å². The molecule has 2 unspecified atom stereocenters.